The van der Waals surface area contributed by atoms with Crippen LogP contribution >= 0.6 is 0 Å². The van der Waals surface area contributed by atoms with Gasteiger partial charge in [-0.15, -0.1) is 0 Å². The van der Waals surface area contributed by atoms with Crippen molar-refractivity contribution < 1.29 is 8.78 Å². The van der Waals surface area contributed by atoms with Crippen LogP contribution in [0.5, 0.6) is 0 Å². The van der Waals surface area contributed by atoms with Crippen molar-refractivity contribution in [1.82, 2.24) is 0 Å². The Hall–Kier alpha value is -6.08. The molecule has 2 aliphatic carbocycles. The van der Waals surface area contributed by atoms with Crippen LogP contribution < -0.4 is 0 Å². The van der Waals surface area contributed by atoms with Gasteiger partial charge in [0.1, 0.15) is 35.4 Å². The Bertz CT molecular complexity index is 2250. The second-order valence-electron chi connectivity index (χ2n) is 9.57. The van der Waals surface area contributed by atoms with Gasteiger partial charge in [0.05, 0.1) is 0 Å². The summed E-state index contributed by atoms with van der Waals surface area (Å²) >= 11 is 0. The zero-order valence-electron chi connectivity index (χ0n) is 20.5. The van der Waals surface area contributed by atoms with E-state index in [4.69, 9.17) is 0 Å². The maximum absolute atomic E-state index is 16.3. The normalized spacial score (nSPS) is 12.1. The van der Waals surface area contributed by atoms with E-state index in [1.807, 2.05) is 78.9 Å². The molecule has 182 valence electrons. The van der Waals surface area contributed by atoms with Crippen LogP contribution in [0.4, 0.5) is 8.78 Å². The number of nitriles is 4. The van der Waals surface area contributed by atoms with Gasteiger partial charge in [0.15, 0.2) is 11.6 Å². The van der Waals surface area contributed by atoms with Gasteiger partial charge in [-0.2, -0.15) is 21.0 Å². The van der Waals surface area contributed by atoms with Crippen LogP contribution in [0.2, 0.25) is 0 Å². The SMILES string of the molecule is N#CC(C#N)=C1c2cc3ccccc3cc2-c2c1c(F)c(F)c1c2C(=C(C#N)C#N)c2cc3ccccc3cc2-1. The van der Waals surface area contributed by atoms with Gasteiger partial charge in [0.25, 0.3) is 0 Å². The summed E-state index contributed by atoms with van der Waals surface area (Å²) in [5, 5.41) is 42.8. The molecule has 7 rings (SSSR count). The lowest BCUT2D eigenvalue weighted by Crippen LogP contribution is -2.01. The van der Waals surface area contributed by atoms with Gasteiger partial charge in [0.2, 0.25) is 0 Å². The fourth-order valence-electron chi connectivity index (χ4n) is 6.07. The molecule has 0 N–H and O–H groups in total. The van der Waals surface area contributed by atoms with Gasteiger partial charge >= 0.3 is 0 Å². The van der Waals surface area contributed by atoms with E-state index in [-0.39, 0.29) is 44.5 Å². The lowest BCUT2D eigenvalue weighted by atomic mass is 9.89. The van der Waals surface area contributed by atoms with Crippen LogP contribution in [0.1, 0.15) is 22.3 Å². The molecule has 0 heterocycles. The van der Waals surface area contributed by atoms with E-state index >= 15 is 8.78 Å². The summed E-state index contributed by atoms with van der Waals surface area (Å²) in [4.78, 5) is 0. The van der Waals surface area contributed by atoms with Crippen LogP contribution in [-0.4, -0.2) is 0 Å². The van der Waals surface area contributed by atoms with E-state index in [0.29, 0.717) is 22.3 Å². The van der Waals surface area contributed by atoms with Crippen molar-refractivity contribution in [2.45, 2.75) is 0 Å². The van der Waals surface area contributed by atoms with Gasteiger partial charge in [-0.05, 0) is 68.1 Å². The Labute approximate surface area is 226 Å². The van der Waals surface area contributed by atoms with Gasteiger partial charge < -0.3 is 0 Å². The standard InChI is InChI=1S/C34H12F2N4/c35-33-30-26-12-20-8-4-2-6-18(20)10-24(26)27(21(13-37)14-38)31(30)29-25-11-19-7-3-1-5-17(19)9-23(25)28(22(15-39)16-40)32(29)34(33)36/h1-12H. The predicted molar refractivity (Wildman–Crippen MR) is 147 cm³/mol. The Morgan fingerprint density at radius 1 is 0.450 bits per heavy atom. The molecule has 2 aliphatic rings. The molecule has 0 saturated carbocycles. The first-order valence-electron chi connectivity index (χ1n) is 12.2. The third-order valence-electron chi connectivity index (χ3n) is 7.68. The minimum absolute atomic E-state index is 0.00381. The predicted octanol–water partition coefficient (Wildman–Crippen LogP) is 7.93. The minimum Gasteiger partial charge on any atom is -0.203 e. The Morgan fingerprint density at radius 2 is 0.800 bits per heavy atom. The highest BCUT2D eigenvalue weighted by Crippen LogP contribution is 2.59. The van der Waals surface area contributed by atoms with Crippen LogP contribution in [0.25, 0.3) is 54.9 Å². The number of nitrogens with zero attached hydrogens (tertiary/aromatic N) is 4. The largest absolute Gasteiger partial charge is 0.203 e. The average Bonchev–Trinajstić information content (AvgIpc) is 3.47. The van der Waals surface area contributed by atoms with E-state index in [2.05, 4.69) is 0 Å². The monoisotopic (exact) mass is 514 g/mol. The van der Waals surface area contributed by atoms with Gasteiger partial charge in [-0.3, -0.25) is 0 Å². The van der Waals surface area contributed by atoms with Gasteiger partial charge in [0, 0.05) is 33.4 Å². The Kier molecular flexibility index (Phi) is 4.73. The lowest BCUT2D eigenvalue weighted by Gasteiger charge is -2.14. The van der Waals surface area contributed by atoms with E-state index in [1.165, 1.54) is 0 Å². The first-order valence-corrected chi connectivity index (χ1v) is 12.2. The molecule has 0 bridgehead atoms. The molecule has 0 radical (unpaired) electrons. The zero-order valence-corrected chi connectivity index (χ0v) is 20.5. The van der Waals surface area contributed by atoms with Crippen molar-refractivity contribution in [3.05, 3.63) is 118 Å². The first-order chi connectivity index (χ1) is 19.5. The van der Waals surface area contributed by atoms with Crippen LogP contribution in [0.3, 0.4) is 0 Å². The fraction of sp³-hybridized carbons (Fsp3) is 0. The molecule has 0 aromatic heterocycles. The zero-order chi connectivity index (χ0) is 27.7. The van der Waals surface area contributed by atoms with Crippen molar-refractivity contribution in [2.24, 2.45) is 0 Å². The highest BCUT2D eigenvalue weighted by molar-refractivity contribution is 6.18. The fourth-order valence-corrected chi connectivity index (χ4v) is 6.07. The topological polar surface area (TPSA) is 95.2 Å². The maximum Gasteiger partial charge on any atom is 0.168 e. The van der Waals surface area contributed by atoms with Crippen LogP contribution in [0, 0.1) is 57.0 Å². The molecule has 4 nitrogen and oxygen atoms in total. The average molecular weight is 514 g/mol. The Morgan fingerprint density at radius 3 is 1.23 bits per heavy atom. The number of allylic oxidation sites excluding steroid dienone is 2. The van der Waals surface area contributed by atoms with Crippen molar-refractivity contribution in [1.29, 1.82) is 21.0 Å². The molecule has 5 aromatic rings. The van der Waals surface area contributed by atoms with Crippen LogP contribution in [0.15, 0.2) is 83.9 Å². The second kappa shape index (κ2) is 8.21. The third-order valence-corrected chi connectivity index (χ3v) is 7.68. The summed E-state index contributed by atoms with van der Waals surface area (Å²) < 4.78 is 32.6. The summed E-state index contributed by atoms with van der Waals surface area (Å²) in [6, 6.07) is 29.5. The minimum atomic E-state index is -1.19. The van der Waals surface area contributed by atoms with E-state index in [0.717, 1.165) is 21.5 Å². The van der Waals surface area contributed by atoms with Crippen LogP contribution in [-0.2, 0) is 0 Å². The molecule has 0 fully saturated rings. The van der Waals surface area contributed by atoms with E-state index in [1.54, 1.807) is 18.2 Å². The number of fused-ring (bicyclic) bond motifs is 9. The molecule has 40 heavy (non-hydrogen) atoms. The molecule has 5 aromatic carbocycles. The molecular formula is C34H12F2N4. The molecule has 0 spiro atoms. The highest BCUT2D eigenvalue weighted by atomic mass is 19.2. The summed E-state index contributed by atoms with van der Waals surface area (Å²) in [6.07, 6.45) is 0. The second-order valence-corrected chi connectivity index (χ2v) is 9.57. The number of rotatable bonds is 0. The summed E-state index contributed by atoms with van der Waals surface area (Å²) in [5.41, 5.74) is 1.50. The smallest absolute Gasteiger partial charge is 0.168 e. The molecular weight excluding hydrogens is 502 g/mol. The number of hydrogen-bond donors (Lipinski definition) is 0. The lowest BCUT2D eigenvalue weighted by molar-refractivity contribution is 0.510. The summed E-state index contributed by atoms with van der Waals surface area (Å²) in [6.45, 7) is 0. The summed E-state index contributed by atoms with van der Waals surface area (Å²) in [7, 11) is 0. The molecule has 0 saturated heterocycles. The van der Waals surface area contributed by atoms with Gasteiger partial charge in [-0.25, -0.2) is 8.78 Å². The Balaban J connectivity index is 1.75. The third kappa shape index (κ3) is 2.83. The molecule has 0 atom stereocenters. The van der Waals surface area contributed by atoms with Crippen molar-refractivity contribution in [3.8, 4) is 46.5 Å². The molecule has 0 unspecified atom stereocenters. The molecule has 0 aliphatic heterocycles. The number of benzene rings is 5. The number of hydrogen-bond acceptors (Lipinski definition) is 4. The van der Waals surface area contributed by atoms with E-state index < -0.39 is 11.6 Å². The molecule has 0 amide bonds. The quantitative estimate of drug-likeness (QED) is 0.192. The van der Waals surface area contributed by atoms with E-state index in [9.17, 15) is 21.0 Å². The maximum atomic E-state index is 16.3. The first kappa shape index (κ1) is 23.1. The van der Waals surface area contributed by atoms with Crippen molar-refractivity contribution >= 4 is 32.7 Å². The summed E-state index contributed by atoms with van der Waals surface area (Å²) in [5.74, 6) is -2.36. The number of halogens is 2. The van der Waals surface area contributed by atoms with Crippen molar-refractivity contribution in [2.75, 3.05) is 0 Å². The molecule has 6 heteroatoms. The van der Waals surface area contributed by atoms with Crippen molar-refractivity contribution in [3.63, 3.8) is 0 Å². The highest BCUT2D eigenvalue weighted by Gasteiger charge is 2.41. The van der Waals surface area contributed by atoms with Gasteiger partial charge in [-0.1, -0.05) is 48.5 Å².